The number of hydrogen-bond acceptors (Lipinski definition) is 4. The van der Waals surface area contributed by atoms with Crippen molar-refractivity contribution < 1.29 is 32.5 Å². The molecule has 0 saturated carbocycles. The lowest BCUT2D eigenvalue weighted by atomic mass is 10.1. The van der Waals surface area contributed by atoms with Crippen molar-refractivity contribution in [2.45, 2.75) is 18.7 Å². The summed E-state index contributed by atoms with van der Waals surface area (Å²) in [5.41, 5.74) is -0.0385. The molecule has 2 aromatic carbocycles. The molecule has 152 valence electrons. The van der Waals surface area contributed by atoms with Gasteiger partial charge in [-0.15, -0.1) is 0 Å². The molecule has 1 N–H and O–H groups in total. The van der Waals surface area contributed by atoms with Crippen LogP contribution in [-0.2, 0) is 11.0 Å². The van der Waals surface area contributed by atoms with Crippen molar-refractivity contribution in [2.75, 3.05) is 27.2 Å². The van der Waals surface area contributed by atoms with Crippen LogP contribution in [0.5, 0.6) is 11.5 Å². The van der Waals surface area contributed by atoms with Gasteiger partial charge in [-0.2, -0.15) is 13.2 Å². The molecule has 0 saturated heterocycles. The Bertz CT molecular complexity index is 778. The van der Waals surface area contributed by atoms with Crippen molar-refractivity contribution >= 4 is 5.97 Å². The van der Waals surface area contributed by atoms with Gasteiger partial charge in [-0.3, -0.25) is 9.69 Å². The van der Waals surface area contributed by atoms with Crippen molar-refractivity contribution in [1.82, 2.24) is 4.90 Å². The van der Waals surface area contributed by atoms with E-state index in [0.29, 0.717) is 18.7 Å². The largest absolute Gasteiger partial charge is 0.497 e. The van der Waals surface area contributed by atoms with E-state index in [2.05, 4.69) is 0 Å². The van der Waals surface area contributed by atoms with Gasteiger partial charge in [0.2, 0.25) is 0 Å². The van der Waals surface area contributed by atoms with E-state index in [9.17, 15) is 18.0 Å². The minimum atomic E-state index is -4.46. The third kappa shape index (κ3) is 6.45. The number of benzene rings is 2. The fraction of sp³-hybridized carbons (Fsp3) is 0.350. The second kappa shape index (κ2) is 9.45. The highest BCUT2D eigenvalue weighted by atomic mass is 19.4. The lowest BCUT2D eigenvalue weighted by molar-refractivity contribution is -0.138. The van der Waals surface area contributed by atoms with Crippen LogP contribution < -0.4 is 9.47 Å². The van der Waals surface area contributed by atoms with Crippen LogP contribution >= 0.6 is 0 Å². The fourth-order valence-corrected chi connectivity index (χ4v) is 2.67. The first-order valence-electron chi connectivity index (χ1n) is 8.57. The molecule has 8 heteroatoms. The molecular weight excluding hydrogens is 375 g/mol. The van der Waals surface area contributed by atoms with E-state index in [4.69, 9.17) is 14.6 Å². The number of hydrogen-bond donors (Lipinski definition) is 1. The van der Waals surface area contributed by atoms with E-state index in [1.54, 1.807) is 36.2 Å². The quantitative estimate of drug-likeness (QED) is 0.686. The summed E-state index contributed by atoms with van der Waals surface area (Å²) >= 11 is 0. The smallest absolute Gasteiger partial charge is 0.416 e. The molecule has 28 heavy (non-hydrogen) atoms. The van der Waals surface area contributed by atoms with Gasteiger partial charge in [0.15, 0.2) is 0 Å². The fourth-order valence-electron chi connectivity index (χ4n) is 2.67. The van der Waals surface area contributed by atoms with Gasteiger partial charge in [-0.05, 0) is 42.9 Å². The van der Waals surface area contributed by atoms with Crippen molar-refractivity contribution in [3.05, 3.63) is 59.7 Å². The third-order valence-electron chi connectivity index (χ3n) is 4.11. The summed E-state index contributed by atoms with van der Waals surface area (Å²) in [7, 11) is 3.19. The molecule has 2 aromatic rings. The second-order valence-corrected chi connectivity index (χ2v) is 6.33. The summed E-state index contributed by atoms with van der Waals surface area (Å²) in [6.45, 7) is 0.251. The Hall–Kier alpha value is -2.74. The zero-order chi connectivity index (χ0) is 20.7. The molecule has 0 heterocycles. The highest BCUT2D eigenvalue weighted by Gasteiger charge is 2.31. The summed E-state index contributed by atoms with van der Waals surface area (Å²) in [5.74, 6) is -0.219. The number of aliphatic carboxylic acids is 1. The molecule has 0 bridgehead atoms. The molecule has 0 unspecified atom stereocenters. The Morgan fingerprint density at radius 2 is 1.82 bits per heavy atom. The monoisotopic (exact) mass is 397 g/mol. The van der Waals surface area contributed by atoms with Gasteiger partial charge in [-0.25, -0.2) is 0 Å². The molecule has 2 rings (SSSR count). The van der Waals surface area contributed by atoms with E-state index in [1.165, 1.54) is 19.2 Å². The Labute approximate surface area is 161 Å². The minimum absolute atomic E-state index is 0.0940. The van der Waals surface area contributed by atoms with Crippen molar-refractivity contribution in [1.29, 1.82) is 0 Å². The summed E-state index contributed by atoms with van der Waals surface area (Å²) < 4.78 is 49.8. The van der Waals surface area contributed by atoms with Crippen LogP contribution in [0.2, 0.25) is 0 Å². The number of halogens is 3. The van der Waals surface area contributed by atoms with Gasteiger partial charge in [0.05, 0.1) is 19.2 Å². The van der Waals surface area contributed by atoms with Gasteiger partial charge in [-0.1, -0.05) is 18.2 Å². The van der Waals surface area contributed by atoms with Crippen LogP contribution in [0.3, 0.4) is 0 Å². The summed E-state index contributed by atoms with van der Waals surface area (Å²) in [5, 5.41) is 8.87. The van der Waals surface area contributed by atoms with Crippen molar-refractivity contribution in [3.63, 3.8) is 0 Å². The number of nitrogens with zero attached hydrogens (tertiary/aromatic N) is 1. The van der Waals surface area contributed by atoms with Gasteiger partial charge in [0.25, 0.3) is 0 Å². The van der Waals surface area contributed by atoms with E-state index in [0.717, 1.165) is 17.7 Å². The van der Waals surface area contributed by atoms with Crippen molar-refractivity contribution in [3.8, 4) is 11.5 Å². The van der Waals surface area contributed by atoms with Gasteiger partial charge >= 0.3 is 12.1 Å². The number of carboxylic acids is 1. The number of likely N-dealkylation sites (N-methyl/N-ethyl adjacent to an activating group) is 1. The second-order valence-electron chi connectivity index (χ2n) is 6.33. The summed E-state index contributed by atoms with van der Waals surface area (Å²) in [6.07, 6.45) is -4.62. The maximum absolute atomic E-state index is 13.0. The summed E-state index contributed by atoms with van der Waals surface area (Å²) in [6, 6.07) is 11.7. The van der Waals surface area contributed by atoms with E-state index in [-0.39, 0.29) is 12.3 Å². The number of carbonyl (C=O) groups is 1. The molecule has 0 amide bonds. The van der Waals surface area contributed by atoms with Crippen molar-refractivity contribution in [2.24, 2.45) is 0 Å². The molecule has 5 nitrogen and oxygen atoms in total. The maximum Gasteiger partial charge on any atom is 0.416 e. The zero-order valence-corrected chi connectivity index (χ0v) is 15.6. The molecule has 0 aromatic heterocycles. The minimum Gasteiger partial charge on any atom is -0.497 e. The van der Waals surface area contributed by atoms with Gasteiger partial charge in [0, 0.05) is 13.0 Å². The molecule has 0 spiro atoms. The Morgan fingerprint density at radius 1 is 1.14 bits per heavy atom. The number of ether oxygens (including phenoxy) is 2. The SMILES string of the molecule is COc1ccc([C@@H](CCN(C)CC(=O)O)Oc2cccc(C(F)(F)F)c2)cc1. The molecule has 0 fully saturated rings. The van der Waals surface area contributed by atoms with Crippen LogP contribution in [-0.4, -0.2) is 43.2 Å². The Kier molecular flexibility index (Phi) is 7.28. The Balaban J connectivity index is 2.21. The number of alkyl halides is 3. The topological polar surface area (TPSA) is 59.0 Å². The maximum atomic E-state index is 13.0. The number of methoxy groups -OCH3 is 1. The standard InChI is InChI=1S/C20H22F3NO4/c1-24(13-19(25)26)11-10-18(14-6-8-16(27-2)9-7-14)28-17-5-3-4-15(12-17)20(21,22)23/h3-9,12,18H,10-11,13H2,1-2H3,(H,25,26)/t18-/m1/s1. The first kappa shape index (κ1) is 21.6. The molecule has 0 aliphatic carbocycles. The van der Waals surface area contributed by atoms with Crippen LogP contribution in [0.1, 0.15) is 23.7 Å². The Morgan fingerprint density at radius 3 is 2.39 bits per heavy atom. The van der Waals surface area contributed by atoms with Crippen LogP contribution in [0.25, 0.3) is 0 Å². The van der Waals surface area contributed by atoms with Crippen LogP contribution in [0.15, 0.2) is 48.5 Å². The lowest BCUT2D eigenvalue weighted by Crippen LogP contribution is -2.28. The average Bonchev–Trinajstić information content (AvgIpc) is 2.64. The highest BCUT2D eigenvalue weighted by molar-refractivity contribution is 5.68. The normalized spacial score (nSPS) is 12.6. The van der Waals surface area contributed by atoms with Crippen LogP contribution in [0.4, 0.5) is 13.2 Å². The third-order valence-corrected chi connectivity index (χ3v) is 4.11. The van der Waals surface area contributed by atoms with E-state index < -0.39 is 23.8 Å². The summed E-state index contributed by atoms with van der Waals surface area (Å²) in [4.78, 5) is 12.4. The number of carboxylic acid groups (broad SMARTS) is 1. The first-order valence-corrected chi connectivity index (χ1v) is 8.57. The van der Waals surface area contributed by atoms with E-state index >= 15 is 0 Å². The predicted octanol–water partition coefficient (Wildman–Crippen LogP) is 4.24. The average molecular weight is 397 g/mol. The zero-order valence-electron chi connectivity index (χ0n) is 15.6. The predicted molar refractivity (Wildman–Crippen MR) is 97.6 cm³/mol. The number of rotatable bonds is 9. The van der Waals surface area contributed by atoms with Gasteiger partial charge in [0.1, 0.15) is 17.6 Å². The molecule has 0 aliphatic heterocycles. The molecule has 0 aliphatic rings. The van der Waals surface area contributed by atoms with Gasteiger partial charge < -0.3 is 14.6 Å². The van der Waals surface area contributed by atoms with E-state index in [1.807, 2.05) is 0 Å². The molecule has 1 atom stereocenters. The van der Waals surface area contributed by atoms with Crippen LogP contribution in [0, 0.1) is 0 Å². The first-order chi connectivity index (χ1) is 13.2. The lowest BCUT2D eigenvalue weighted by Gasteiger charge is -2.23. The highest BCUT2D eigenvalue weighted by Crippen LogP contribution is 2.33. The molecular formula is C20H22F3NO4. The molecule has 0 radical (unpaired) electrons.